The second kappa shape index (κ2) is 4.62. The van der Waals surface area contributed by atoms with E-state index < -0.39 is 18.8 Å². The molecule has 2 atom stereocenters. The van der Waals surface area contributed by atoms with Crippen LogP contribution in [0, 0.1) is 6.10 Å². The molecule has 10 heavy (non-hydrogen) atoms. The van der Waals surface area contributed by atoms with Gasteiger partial charge in [0.25, 0.3) is 0 Å². The Labute approximate surface area is 59.7 Å². The van der Waals surface area contributed by atoms with Crippen LogP contribution in [0.3, 0.4) is 0 Å². The van der Waals surface area contributed by atoms with Crippen molar-refractivity contribution in [2.45, 2.75) is 25.6 Å². The minimum absolute atomic E-state index is 0.207. The molecule has 0 heterocycles. The normalized spacial score (nSPS) is 17.4. The van der Waals surface area contributed by atoms with Gasteiger partial charge in [-0.2, -0.15) is 0 Å². The largest absolute Gasteiger partial charge is 0.394 e. The van der Waals surface area contributed by atoms with E-state index in [0.717, 1.165) is 0 Å². The van der Waals surface area contributed by atoms with Crippen LogP contribution in [0.15, 0.2) is 0 Å². The quantitative estimate of drug-likeness (QED) is 0.414. The molecule has 0 saturated carbocycles. The molecule has 0 aliphatic rings. The zero-order valence-corrected chi connectivity index (χ0v) is 5.86. The predicted octanol–water partition coefficient (Wildman–Crippen LogP) is -0.985. The van der Waals surface area contributed by atoms with Crippen LogP contribution in [0.4, 0.5) is 0 Å². The van der Waals surface area contributed by atoms with Crippen LogP contribution < -0.4 is 0 Å². The average Bonchev–Trinajstić information content (AvgIpc) is 2.00. The molecule has 0 aromatic rings. The zero-order chi connectivity index (χ0) is 8.15. The first kappa shape index (κ1) is 9.84. The van der Waals surface area contributed by atoms with E-state index in [4.69, 9.17) is 20.4 Å². The Hall–Kier alpha value is -0.160. The van der Waals surface area contributed by atoms with E-state index in [0.29, 0.717) is 0 Å². The van der Waals surface area contributed by atoms with Gasteiger partial charge in [0.1, 0.15) is 18.3 Å². The van der Waals surface area contributed by atoms with Crippen LogP contribution in [-0.4, -0.2) is 39.2 Å². The van der Waals surface area contributed by atoms with Crippen LogP contribution in [0.5, 0.6) is 0 Å². The van der Waals surface area contributed by atoms with Crippen molar-refractivity contribution < 1.29 is 20.4 Å². The summed E-state index contributed by atoms with van der Waals surface area (Å²) in [6.45, 7) is 1.09. The van der Waals surface area contributed by atoms with Crippen LogP contribution in [-0.2, 0) is 0 Å². The smallest absolute Gasteiger partial charge is 0.124 e. The number of hydrogen-bond acceptors (Lipinski definition) is 4. The van der Waals surface area contributed by atoms with Crippen LogP contribution >= 0.6 is 0 Å². The summed E-state index contributed by atoms with van der Waals surface area (Å²) in [4.78, 5) is 0. The van der Waals surface area contributed by atoms with E-state index >= 15 is 0 Å². The van der Waals surface area contributed by atoms with E-state index in [1.54, 1.807) is 6.92 Å². The molecule has 0 amide bonds. The molecule has 4 heteroatoms. The fraction of sp³-hybridized carbons (Fsp3) is 0.833. The molecule has 0 spiro atoms. The molecule has 61 valence electrons. The third-order valence-electron chi connectivity index (χ3n) is 1.26. The second-order valence-corrected chi connectivity index (χ2v) is 2.04. The van der Waals surface area contributed by atoms with Gasteiger partial charge in [0.2, 0.25) is 0 Å². The van der Waals surface area contributed by atoms with Gasteiger partial charge in [0.15, 0.2) is 0 Å². The highest BCUT2D eigenvalue weighted by Gasteiger charge is 2.22. The van der Waals surface area contributed by atoms with Crippen molar-refractivity contribution in [2.75, 3.05) is 6.61 Å². The molecule has 0 rings (SSSR count). The lowest BCUT2D eigenvalue weighted by atomic mass is 10.1. The molecule has 4 nitrogen and oxygen atoms in total. The first-order valence-corrected chi connectivity index (χ1v) is 3.15. The summed E-state index contributed by atoms with van der Waals surface area (Å²) in [5.41, 5.74) is 0. The summed E-state index contributed by atoms with van der Waals surface area (Å²) in [5, 5.41) is 34.8. The minimum Gasteiger partial charge on any atom is -0.394 e. The Bertz CT molecular complexity index is 75.8. The maximum atomic E-state index is 8.89. The summed E-state index contributed by atoms with van der Waals surface area (Å²) in [6, 6.07) is 0. The second-order valence-electron chi connectivity index (χ2n) is 2.04. The van der Waals surface area contributed by atoms with E-state index in [-0.39, 0.29) is 12.5 Å². The van der Waals surface area contributed by atoms with E-state index in [1.807, 2.05) is 0 Å². The molecule has 0 aliphatic heterocycles. The third-order valence-corrected chi connectivity index (χ3v) is 1.26. The Morgan fingerprint density at radius 3 is 2.20 bits per heavy atom. The van der Waals surface area contributed by atoms with Crippen molar-refractivity contribution in [1.82, 2.24) is 0 Å². The van der Waals surface area contributed by atoms with Crippen LogP contribution in [0.2, 0.25) is 0 Å². The number of hydrogen-bond donors (Lipinski definition) is 4. The molecule has 0 aromatic heterocycles. The van der Waals surface area contributed by atoms with Gasteiger partial charge in [-0.25, -0.2) is 0 Å². The first-order valence-electron chi connectivity index (χ1n) is 3.15. The maximum Gasteiger partial charge on any atom is 0.124 e. The van der Waals surface area contributed by atoms with E-state index in [2.05, 4.69) is 0 Å². The van der Waals surface area contributed by atoms with Crippen molar-refractivity contribution in [3.63, 3.8) is 0 Å². The lowest BCUT2D eigenvalue weighted by Gasteiger charge is -2.18. The SMILES string of the molecule is CC[C](O)C(O)C(O)CO. The van der Waals surface area contributed by atoms with E-state index in [1.165, 1.54) is 0 Å². The van der Waals surface area contributed by atoms with Gasteiger partial charge < -0.3 is 20.4 Å². The average molecular weight is 149 g/mol. The maximum absolute atomic E-state index is 8.89. The van der Waals surface area contributed by atoms with Crippen molar-refractivity contribution in [2.24, 2.45) is 0 Å². The zero-order valence-electron chi connectivity index (χ0n) is 5.86. The van der Waals surface area contributed by atoms with Crippen molar-refractivity contribution in [1.29, 1.82) is 0 Å². The highest BCUT2D eigenvalue weighted by molar-refractivity contribution is 4.87. The van der Waals surface area contributed by atoms with Gasteiger partial charge in [0.05, 0.1) is 6.61 Å². The van der Waals surface area contributed by atoms with Crippen molar-refractivity contribution >= 4 is 0 Å². The molecule has 1 radical (unpaired) electrons. The van der Waals surface area contributed by atoms with Crippen molar-refractivity contribution in [3.05, 3.63) is 6.10 Å². The molecule has 0 bridgehead atoms. The van der Waals surface area contributed by atoms with Gasteiger partial charge in [-0.3, -0.25) is 0 Å². The topological polar surface area (TPSA) is 80.9 Å². The first-order chi connectivity index (χ1) is 4.63. The Balaban J connectivity index is 3.69. The van der Waals surface area contributed by atoms with Gasteiger partial charge in [-0.1, -0.05) is 6.92 Å². The van der Waals surface area contributed by atoms with Gasteiger partial charge in [-0.05, 0) is 6.42 Å². The van der Waals surface area contributed by atoms with Crippen LogP contribution in [0.1, 0.15) is 13.3 Å². The summed E-state index contributed by atoms with van der Waals surface area (Å²) in [5.74, 6) is 0. The molecule has 0 aliphatic carbocycles. The molecular weight excluding hydrogens is 136 g/mol. The Morgan fingerprint density at radius 2 is 1.90 bits per heavy atom. The van der Waals surface area contributed by atoms with Crippen molar-refractivity contribution in [3.8, 4) is 0 Å². The highest BCUT2D eigenvalue weighted by atomic mass is 16.4. The molecule has 0 aromatic carbocycles. The number of aliphatic hydroxyl groups excluding tert-OH is 4. The lowest BCUT2D eigenvalue weighted by molar-refractivity contribution is -0.0373. The fourth-order valence-electron chi connectivity index (χ4n) is 0.531. The van der Waals surface area contributed by atoms with Crippen LogP contribution in [0.25, 0.3) is 0 Å². The van der Waals surface area contributed by atoms with Gasteiger partial charge in [0, 0.05) is 0 Å². The summed E-state index contributed by atoms with van der Waals surface area (Å²) >= 11 is 0. The predicted molar refractivity (Wildman–Crippen MR) is 34.6 cm³/mol. The molecule has 0 fully saturated rings. The minimum atomic E-state index is -1.32. The summed E-state index contributed by atoms with van der Waals surface area (Å²) in [6.07, 6.45) is -2.53. The molecule has 2 unspecified atom stereocenters. The third kappa shape index (κ3) is 2.62. The van der Waals surface area contributed by atoms with Gasteiger partial charge in [-0.15, -0.1) is 0 Å². The molecule has 0 saturated heterocycles. The summed E-state index contributed by atoms with van der Waals surface area (Å²) in [7, 11) is 0. The molecule has 4 N–H and O–H groups in total. The lowest BCUT2D eigenvalue weighted by Crippen LogP contribution is -2.34. The number of rotatable bonds is 4. The Morgan fingerprint density at radius 1 is 1.40 bits per heavy atom. The standard InChI is InChI=1S/C6H13O4/c1-2-4(8)6(10)5(9)3-7/h5-10H,2-3H2,1H3. The summed E-state index contributed by atoms with van der Waals surface area (Å²) < 4.78 is 0. The highest BCUT2D eigenvalue weighted by Crippen LogP contribution is 2.09. The number of aliphatic hydroxyl groups is 4. The fourth-order valence-corrected chi connectivity index (χ4v) is 0.531. The monoisotopic (exact) mass is 149 g/mol. The van der Waals surface area contributed by atoms with E-state index in [9.17, 15) is 0 Å². The molecular formula is C6H13O4. The Kier molecular flexibility index (Phi) is 4.55. The van der Waals surface area contributed by atoms with Gasteiger partial charge >= 0.3 is 0 Å².